The number of benzene rings is 1. The Labute approximate surface area is 184 Å². The number of ether oxygens (including phenoxy) is 1. The Morgan fingerprint density at radius 2 is 2.00 bits per heavy atom. The maximum absolute atomic E-state index is 13.8. The van der Waals surface area contributed by atoms with Crippen molar-refractivity contribution in [2.24, 2.45) is 0 Å². The summed E-state index contributed by atoms with van der Waals surface area (Å²) in [4.78, 5) is 14.2. The van der Waals surface area contributed by atoms with Crippen LogP contribution >= 0.6 is 0 Å². The van der Waals surface area contributed by atoms with Crippen molar-refractivity contribution in [1.29, 1.82) is 0 Å². The summed E-state index contributed by atoms with van der Waals surface area (Å²) in [6.45, 7) is 6.70. The number of carbonyl (C=O) groups excluding carboxylic acids is 1. The predicted molar refractivity (Wildman–Crippen MR) is 113 cm³/mol. The number of nitrogens with one attached hydrogen (secondary N) is 3. The lowest BCUT2D eigenvalue weighted by atomic mass is 9.96. The number of quaternary nitrogens is 1. The van der Waals surface area contributed by atoms with E-state index in [2.05, 4.69) is 15.7 Å². The Morgan fingerprint density at radius 3 is 2.69 bits per heavy atom. The zero-order valence-electron chi connectivity index (χ0n) is 18.0. The van der Waals surface area contributed by atoms with Crippen LogP contribution in [0.5, 0.6) is 0 Å². The average molecular weight is 453 g/mol. The van der Waals surface area contributed by atoms with Crippen molar-refractivity contribution in [1.82, 2.24) is 15.1 Å². The van der Waals surface area contributed by atoms with Crippen molar-refractivity contribution in [3.8, 4) is 0 Å². The first-order chi connectivity index (χ1) is 15.3. The molecule has 3 heterocycles. The van der Waals surface area contributed by atoms with E-state index in [0.29, 0.717) is 6.54 Å². The van der Waals surface area contributed by atoms with Gasteiger partial charge in [-0.05, 0) is 12.5 Å². The fraction of sp³-hybridized carbons (Fsp3) is 0.545. The van der Waals surface area contributed by atoms with Gasteiger partial charge in [-0.2, -0.15) is 18.3 Å². The van der Waals surface area contributed by atoms with Crippen LogP contribution in [0.4, 0.5) is 19.0 Å². The zero-order chi connectivity index (χ0) is 22.7. The summed E-state index contributed by atoms with van der Waals surface area (Å²) >= 11 is 0. The number of nitrogens with zero attached hydrogens (tertiary/aromatic N) is 2. The minimum absolute atomic E-state index is 0.112. The van der Waals surface area contributed by atoms with Gasteiger partial charge in [0.2, 0.25) is 0 Å². The van der Waals surface area contributed by atoms with Crippen molar-refractivity contribution >= 4 is 11.7 Å². The Morgan fingerprint density at radius 1 is 1.28 bits per heavy atom. The highest BCUT2D eigenvalue weighted by atomic mass is 19.4. The van der Waals surface area contributed by atoms with Crippen LogP contribution in [0, 0.1) is 6.92 Å². The Bertz CT molecular complexity index is 923. The van der Waals surface area contributed by atoms with E-state index in [1.165, 1.54) is 11.1 Å². The summed E-state index contributed by atoms with van der Waals surface area (Å²) in [5.41, 5.74) is 1.91. The van der Waals surface area contributed by atoms with Gasteiger partial charge in [0.1, 0.15) is 24.5 Å². The summed E-state index contributed by atoms with van der Waals surface area (Å²) in [5, 5.41) is 9.89. The van der Waals surface area contributed by atoms with E-state index in [9.17, 15) is 18.0 Å². The van der Waals surface area contributed by atoms with Crippen molar-refractivity contribution in [3.05, 3.63) is 47.2 Å². The van der Waals surface area contributed by atoms with Crippen LogP contribution in [0.15, 0.2) is 30.5 Å². The van der Waals surface area contributed by atoms with Gasteiger partial charge >= 0.3 is 6.18 Å². The number of amides is 1. The number of halogens is 3. The molecule has 0 spiro atoms. The summed E-state index contributed by atoms with van der Waals surface area (Å²) in [7, 11) is 0. The summed E-state index contributed by atoms with van der Waals surface area (Å²) in [6.07, 6.45) is -2.65. The molecule has 1 saturated heterocycles. The molecule has 1 fully saturated rings. The summed E-state index contributed by atoms with van der Waals surface area (Å²) < 4.78 is 47.7. The number of aromatic nitrogens is 2. The molecule has 3 N–H and O–H groups in total. The van der Waals surface area contributed by atoms with Crippen LogP contribution in [0.25, 0.3) is 0 Å². The largest absolute Gasteiger partial charge is 0.410 e. The van der Waals surface area contributed by atoms with E-state index in [-0.39, 0.29) is 17.8 Å². The fourth-order valence-corrected chi connectivity index (χ4v) is 4.29. The highest BCUT2D eigenvalue weighted by molar-refractivity contribution is 5.98. The van der Waals surface area contributed by atoms with Gasteiger partial charge in [0.15, 0.2) is 6.04 Å². The highest BCUT2D eigenvalue weighted by Gasteiger charge is 2.47. The summed E-state index contributed by atoms with van der Waals surface area (Å²) in [6, 6.07) is 5.02. The van der Waals surface area contributed by atoms with Gasteiger partial charge in [-0.1, -0.05) is 29.8 Å². The molecule has 2 atom stereocenters. The second-order valence-electron chi connectivity index (χ2n) is 8.47. The standard InChI is InChI=1S/C22H28F3N5O2/c1-15-3-5-16(6-4-15)18-13-19(22(23,24)25)30-20(28-18)17(14-27-30)21(31)26-7-2-8-29-9-11-32-12-10-29/h3-6,14,18-19,28H,2,7-13H2,1H3,(H,26,31)/p+1/t18-,19-/m1/s1. The molecule has 0 saturated carbocycles. The molecule has 174 valence electrons. The number of fused-ring (bicyclic) bond motifs is 1. The number of hydrogen-bond donors (Lipinski definition) is 3. The molecule has 2 aromatic rings. The Kier molecular flexibility index (Phi) is 6.71. The third kappa shape index (κ3) is 5.07. The van der Waals surface area contributed by atoms with Crippen LogP contribution < -0.4 is 15.5 Å². The molecule has 1 aromatic carbocycles. The minimum atomic E-state index is -4.47. The molecule has 1 amide bonds. The second kappa shape index (κ2) is 9.50. The zero-order valence-corrected chi connectivity index (χ0v) is 18.0. The van der Waals surface area contributed by atoms with E-state index in [1.807, 2.05) is 31.2 Å². The van der Waals surface area contributed by atoms with E-state index in [1.54, 1.807) is 0 Å². The lowest BCUT2D eigenvalue weighted by Gasteiger charge is -2.34. The van der Waals surface area contributed by atoms with E-state index < -0.39 is 24.2 Å². The number of alkyl halides is 3. The molecule has 2 aliphatic heterocycles. The first-order valence-electron chi connectivity index (χ1n) is 11.0. The lowest BCUT2D eigenvalue weighted by molar-refractivity contribution is -0.908. The molecule has 32 heavy (non-hydrogen) atoms. The molecule has 1 aromatic heterocycles. The first-order valence-corrected chi connectivity index (χ1v) is 11.0. The van der Waals surface area contributed by atoms with Gasteiger partial charge in [0.25, 0.3) is 5.91 Å². The minimum Gasteiger partial charge on any atom is -0.370 e. The second-order valence-corrected chi connectivity index (χ2v) is 8.47. The SMILES string of the molecule is Cc1ccc([C@H]2C[C@H](C(F)(F)F)n3ncc(C(=O)NCCC[NH+]4CCOCC4)c3N2)cc1. The smallest absolute Gasteiger partial charge is 0.370 e. The molecule has 0 aliphatic carbocycles. The highest BCUT2D eigenvalue weighted by Crippen LogP contribution is 2.44. The first kappa shape index (κ1) is 22.6. The van der Waals surface area contributed by atoms with Crippen LogP contribution in [0.2, 0.25) is 0 Å². The number of carbonyl (C=O) groups is 1. The third-order valence-corrected chi connectivity index (χ3v) is 6.16. The maximum Gasteiger partial charge on any atom is 0.410 e. The molecule has 7 nitrogen and oxygen atoms in total. The topological polar surface area (TPSA) is 72.6 Å². The number of aryl methyl sites for hydroxylation is 1. The van der Waals surface area contributed by atoms with Crippen molar-refractivity contribution in [2.45, 2.75) is 38.0 Å². The lowest BCUT2D eigenvalue weighted by Crippen LogP contribution is -3.14. The molecule has 0 radical (unpaired) electrons. The van der Waals surface area contributed by atoms with E-state index >= 15 is 0 Å². The third-order valence-electron chi connectivity index (χ3n) is 6.16. The van der Waals surface area contributed by atoms with E-state index in [4.69, 9.17) is 4.74 Å². The molecule has 4 rings (SSSR count). The molecule has 0 unspecified atom stereocenters. The molecular weight excluding hydrogens is 423 g/mol. The number of morpholine rings is 1. The quantitative estimate of drug-likeness (QED) is 0.586. The van der Waals surface area contributed by atoms with Crippen LogP contribution in [0.3, 0.4) is 0 Å². The number of anilines is 1. The van der Waals surface area contributed by atoms with Gasteiger partial charge in [-0.3, -0.25) is 4.79 Å². The molecular formula is C22H29F3N5O2+. The van der Waals surface area contributed by atoms with Crippen molar-refractivity contribution in [2.75, 3.05) is 44.7 Å². The normalized spacial score (nSPS) is 21.6. The van der Waals surface area contributed by atoms with Crippen molar-refractivity contribution < 1.29 is 27.6 Å². The van der Waals surface area contributed by atoms with Gasteiger partial charge < -0.3 is 20.3 Å². The van der Waals surface area contributed by atoms with Gasteiger partial charge in [-0.25, -0.2) is 4.68 Å². The van der Waals surface area contributed by atoms with Crippen LogP contribution in [-0.4, -0.2) is 61.3 Å². The van der Waals surface area contributed by atoms with Crippen LogP contribution in [-0.2, 0) is 4.74 Å². The number of rotatable bonds is 6. The van der Waals surface area contributed by atoms with E-state index in [0.717, 1.165) is 55.1 Å². The van der Waals surface area contributed by atoms with Gasteiger partial charge in [0.05, 0.1) is 32.0 Å². The van der Waals surface area contributed by atoms with Crippen molar-refractivity contribution in [3.63, 3.8) is 0 Å². The monoisotopic (exact) mass is 452 g/mol. The Balaban J connectivity index is 1.46. The molecule has 0 bridgehead atoms. The van der Waals surface area contributed by atoms with Crippen LogP contribution in [0.1, 0.15) is 46.4 Å². The Hall–Kier alpha value is -2.59. The average Bonchev–Trinajstić information content (AvgIpc) is 3.20. The van der Waals surface area contributed by atoms with Gasteiger partial charge in [0, 0.05) is 19.4 Å². The molecule has 10 heteroatoms. The maximum atomic E-state index is 13.8. The summed E-state index contributed by atoms with van der Waals surface area (Å²) in [5.74, 6) is -0.304. The number of hydrogen-bond acceptors (Lipinski definition) is 4. The van der Waals surface area contributed by atoms with Gasteiger partial charge in [-0.15, -0.1) is 0 Å². The predicted octanol–water partition coefficient (Wildman–Crippen LogP) is 1.89. The molecule has 2 aliphatic rings. The fourth-order valence-electron chi connectivity index (χ4n) is 4.29.